The zero-order chi connectivity index (χ0) is 13.1. The van der Waals surface area contributed by atoms with Gasteiger partial charge in [-0.1, -0.05) is 12.1 Å². The summed E-state index contributed by atoms with van der Waals surface area (Å²) < 4.78 is 0. The zero-order valence-corrected chi connectivity index (χ0v) is 10.3. The van der Waals surface area contributed by atoms with Gasteiger partial charge in [-0.15, -0.1) is 0 Å². The van der Waals surface area contributed by atoms with E-state index in [1.165, 1.54) is 13.8 Å². The van der Waals surface area contributed by atoms with E-state index in [9.17, 15) is 9.59 Å². The highest BCUT2D eigenvalue weighted by molar-refractivity contribution is 5.96. The van der Waals surface area contributed by atoms with Crippen LogP contribution in [0, 0.1) is 0 Å². The van der Waals surface area contributed by atoms with Crippen LogP contribution in [0.3, 0.4) is 0 Å². The van der Waals surface area contributed by atoms with Gasteiger partial charge in [-0.25, -0.2) is 0 Å². The quantitative estimate of drug-likeness (QED) is 0.850. The summed E-state index contributed by atoms with van der Waals surface area (Å²) in [5.41, 5.74) is 1.49. The van der Waals surface area contributed by atoms with Crippen molar-refractivity contribution in [3.63, 3.8) is 0 Å². The van der Waals surface area contributed by atoms with Gasteiger partial charge in [0.1, 0.15) is 0 Å². The maximum atomic E-state index is 11.0. The highest BCUT2D eigenvalue weighted by Gasteiger charge is 2.01. The highest BCUT2D eigenvalue weighted by Crippen LogP contribution is 2.22. The number of anilines is 2. The average Bonchev–Trinajstić information content (AvgIpc) is 2.26. The summed E-state index contributed by atoms with van der Waals surface area (Å²) >= 11 is 0. The van der Waals surface area contributed by atoms with E-state index in [4.69, 9.17) is 0 Å². The van der Waals surface area contributed by atoms with Gasteiger partial charge in [0.15, 0.2) is 0 Å². The molecule has 2 aromatic rings. The normalized spacial score (nSPS) is 10.1. The maximum Gasteiger partial charge on any atom is 0.221 e. The maximum absolute atomic E-state index is 11.0. The van der Waals surface area contributed by atoms with E-state index < -0.39 is 0 Å². The van der Waals surface area contributed by atoms with E-state index in [0.717, 1.165) is 22.1 Å². The van der Waals surface area contributed by atoms with E-state index in [0.29, 0.717) is 0 Å². The first-order valence-corrected chi connectivity index (χ1v) is 5.63. The number of fused-ring (bicyclic) bond motifs is 1. The van der Waals surface area contributed by atoms with E-state index in [2.05, 4.69) is 10.6 Å². The van der Waals surface area contributed by atoms with Crippen molar-refractivity contribution in [3.05, 3.63) is 36.4 Å². The van der Waals surface area contributed by atoms with Crippen LogP contribution in [0.5, 0.6) is 0 Å². The number of benzene rings is 2. The second-order valence-corrected chi connectivity index (χ2v) is 4.14. The van der Waals surface area contributed by atoms with Crippen LogP contribution in [0.1, 0.15) is 13.8 Å². The third-order valence-electron chi connectivity index (χ3n) is 2.48. The zero-order valence-electron chi connectivity index (χ0n) is 10.3. The molecule has 18 heavy (non-hydrogen) atoms. The Morgan fingerprint density at radius 2 is 1.22 bits per heavy atom. The minimum atomic E-state index is -0.104. The average molecular weight is 242 g/mol. The molecule has 0 heterocycles. The minimum Gasteiger partial charge on any atom is -0.326 e. The third kappa shape index (κ3) is 2.85. The van der Waals surface area contributed by atoms with Crippen LogP contribution in [-0.2, 0) is 9.59 Å². The SMILES string of the molecule is CC(=O)Nc1ccc2ccc(NC(C)=O)cc2c1. The van der Waals surface area contributed by atoms with Gasteiger partial charge < -0.3 is 10.6 Å². The standard InChI is InChI=1S/C14H14N2O2/c1-9(17)15-13-5-3-11-4-6-14(16-10(2)18)8-12(11)7-13/h3-8H,1-2H3,(H,15,17)(H,16,18). The van der Waals surface area contributed by atoms with Crippen LogP contribution in [-0.4, -0.2) is 11.8 Å². The Kier molecular flexibility index (Phi) is 3.28. The monoisotopic (exact) mass is 242 g/mol. The summed E-state index contributed by atoms with van der Waals surface area (Å²) in [5, 5.41) is 7.48. The highest BCUT2D eigenvalue weighted by atomic mass is 16.2. The molecule has 0 saturated heterocycles. The van der Waals surface area contributed by atoms with Crippen LogP contribution in [0.15, 0.2) is 36.4 Å². The van der Waals surface area contributed by atoms with Crippen molar-refractivity contribution in [1.29, 1.82) is 0 Å². The Labute approximate surface area is 105 Å². The van der Waals surface area contributed by atoms with Crippen molar-refractivity contribution < 1.29 is 9.59 Å². The third-order valence-corrected chi connectivity index (χ3v) is 2.48. The molecule has 0 unspecified atom stereocenters. The van der Waals surface area contributed by atoms with Crippen LogP contribution in [0.25, 0.3) is 10.8 Å². The molecule has 0 aliphatic rings. The molecule has 0 saturated carbocycles. The lowest BCUT2D eigenvalue weighted by molar-refractivity contribution is -0.115. The molecule has 0 bridgehead atoms. The lowest BCUT2D eigenvalue weighted by Crippen LogP contribution is -2.06. The first-order valence-electron chi connectivity index (χ1n) is 5.63. The number of hydrogen-bond acceptors (Lipinski definition) is 2. The molecule has 0 spiro atoms. The van der Waals surface area contributed by atoms with Gasteiger partial charge in [-0.2, -0.15) is 0 Å². The molecule has 0 fully saturated rings. The molecule has 2 rings (SSSR count). The van der Waals surface area contributed by atoms with Crippen LogP contribution in [0.4, 0.5) is 11.4 Å². The number of hydrogen-bond donors (Lipinski definition) is 2. The molecule has 0 aromatic heterocycles. The van der Waals surface area contributed by atoms with Gasteiger partial charge in [0.05, 0.1) is 0 Å². The summed E-state index contributed by atoms with van der Waals surface area (Å²) in [6, 6.07) is 11.3. The molecule has 2 amide bonds. The predicted molar refractivity (Wildman–Crippen MR) is 72.6 cm³/mol. The fourth-order valence-electron chi connectivity index (χ4n) is 1.81. The first kappa shape index (κ1) is 12.1. The lowest BCUT2D eigenvalue weighted by atomic mass is 10.1. The van der Waals surface area contributed by atoms with E-state index in [1.54, 1.807) is 0 Å². The second-order valence-electron chi connectivity index (χ2n) is 4.14. The van der Waals surface area contributed by atoms with Crippen molar-refractivity contribution in [1.82, 2.24) is 0 Å². The summed E-state index contributed by atoms with van der Waals surface area (Å²) in [4.78, 5) is 22.0. The molecule has 0 atom stereocenters. The van der Waals surface area contributed by atoms with Crippen molar-refractivity contribution >= 4 is 34.0 Å². The van der Waals surface area contributed by atoms with Gasteiger partial charge in [-0.05, 0) is 35.0 Å². The number of nitrogens with one attached hydrogen (secondary N) is 2. The fourth-order valence-corrected chi connectivity index (χ4v) is 1.81. The van der Waals surface area contributed by atoms with Crippen molar-refractivity contribution in [2.75, 3.05) is 10.6 Å². The van der Waals surface area contributed by atoms with Crippen molar-refractivity contribution in [3.8, 4) is 0 Å². The van der Waals surface area contributed by atoms with Gasteiger partial charge in [0.2, 0.25) is 11.8 Å². The largest absolute Gasteiger partial charge is 0.326 e. The Balaban J connectivity index is 2.39. The summed E-state index contributed by atoms with van der Waals surface area (Å²) in [7, 11) is 0. The molecule has 92 valence electrons. The van der Waals surface area contributed by atoms with Gasteiger partial charge in [-0.3, -0.25) is 9.59 Å². The van der Waals surface area contributed by atoms with Gasteiger partial charge in [0, 0.05) is 25.2 Å². The summed E-state index contributed by atoms with van der Waals surface area (Å²) in [5.74, 6) is -0.209. The molecule has 4 heteroatoms. The van der Waals surface area contributed by atoms with E-state index in [1.807, 2.05) is 36.4 Å². The molecule has 4 nitrogen and oxygen atoms in total. The van der Waals surface area contributed by atoms with Gasteiger partial charge in [0.25, 0.3) is 0 Å². The molecular weight excluding hydrogens is 228 g/mol. The van der Waals surface area contributed by atoms with E-state index in [-0.39, 0.29) is 11.8 Å². The molecular formula is C14H14N2O2. The molecule has 0 radical (unpaired) electrons. The van der Waals surface area contributed by atoms with E-state index >= 15 is 0 Å². The summed E-state index contributed by atoms with van der Waals surface area (Å²) in [6.07, 6.45) is 0. The van der Waals surface area contributed by atoms with Crippen LogP contribution in [0.2, 0.25) is 0 Å². The Morgan fingerprint density at radius 1 is 0.778 bits per heavy atom. The number of amides is 2. The number of carbonyl (C=O) groups is 2. The topological polar surface area (TPSA) is 58.2 Å². The smallest absolute Gasteiger partial charge is 0.221 e. The minimum absolute atomic E-state index is 0.104. The molecule has 0 aliphatic heterocycles. The first-order chi connectivity index (χ1) is 8.54. The molecule has 0 aliphatic carbocycles. The second kappa shape index (κ2) is 4.87. The van der Waals surface area contributed by atoms with Crippen molar-refractivity contribution in [2.45, 2.75) is 13.8 Å². The van der Waals surface area contributed by atoms with Crippen LogP contribution < -0.4 is 10.6 Å². The lowest BCUT2D eigenvalue weighted by Gasteiger charge is -2.07. The summed E-state index contributed by atoms with van der Waals surface area (Å²) in [6.45, 7) is 2.94. The number of rotatable bonds is 2. The molecule has 2 aromatic carbocycles. The Hall–Kier alpha value is -2.36. The Bertz CT molecular complexity index is 569. The predicted octanol–water partition coefficient (Wildman–Crippen LogP) is 2.76. The Morgan fingerprint density at radius 3 is 1.61 bits per heavy atom. The number of carbonyl (C=O) groups excluding carboxylic acids is 2. The van der Waals surface area contributed by atoms with Crippen molar-refractivity contribution in [2.24, 2.45) is 0 Å². The van der Waals surface area contributed by atoms with Crippen LogP contribution >= 0.6 is 0 Å². The van der Waals surface area contributed by atoms with Gasteiger partial charge >= 0.3 is 0 Å². The molecule has 2 N–H and O–H groups in total. The fraction of sp³-hybridized carbons (Fsp3) is 0.143.